The zero-order valence-corrected chi connectivity index (χ0v) is 12.3. The molecule has 2 rings (SSSR count). The Kier molecular flexibility index (Phi) is 4.27. The Morgan fingerprint density at radius 3 is 2.32 bits per heavy atom. The summed E-state index contributed by atoms with van der Waals surface area (Å²) in [6.45, 7) is 6.41. The molecule has 19 heavy (non-hydrogen) atoms. The first kappa shape index (κ1) is 14.1. The van der Waals surface area contributed by atoms with Crippen LogP contribution in [0.5, 0.6) is 0 Å². The van der Waals surface area contributed by atoms with Gasteiger partial charge in [0.25, 0.3) is 0 Å². The van der Waals surface area contributed by atoms with Crippen LogP contribution in [-0.2, 0) is 17.8 Å². The summed E-state index contributed by atoms with van der Waals surface area (Å²) >= 11 is 1.61. The van der Waals surface area contributed by atoms with E-state index in [2.05, 4.69) is 36.0 Å². The third-order valence-corrected chi connectivity index (χ3v) is 3.67. The number of H-pyrrole nitrogens is 1. The lowest BCUT2D eigenvalue weighted by molar-refractivity contribution is 0.282. The van der Waals surface area contributed by atoms with E-state index in [9.17, 15) is 0 Å². The van der Waals surface area contributed by atoms with Gasteiger partial charge in [-0.1, -0.05) is 56.8 Å². The molecule has 5 heteroatoms. The van der Waals surface area contributed by atoms with E-state index in [1.807, 2.05) is 24.3 Å². The molecule has 0 saturated heterocycles. The summed E-state index contributed by atoms with van der Waals surface area (Å²) in [5.41, 5.74) is 2.13. The Morgan fingerprint density at radius 1 is 1.16 bits per heavy atom. The van der Waals surface area contributed by atoms with Gasteiger partial charge in [0.05, 0.1) is 6.61 Å². The first-order valence-electron chi connectivity index (χ1n) is 6.23. The Labute approximate surface area is 117 Å². The van der Waals surface area contributed by atoms with Crippen LogP contribution in [0.3, 0.4) is 0 Å². The summed E-state index contributed by atoms with van der Waals surface area (Å²) in [6.07, 6.45) is 0. The van der Waals surface area contributed by atoms with Crippen molar-refractivity contribution in [3.05, 3.63) is 41.2 Å². The highest BCUT2D eigenvalue weighted by molar-refractivity contribution is 7.98. The number of thioether (sulfide) groups is 1. The highest BCUT2D eigenvalue weighted by Crippen LogP contribution is 2.23. The molecule has 0 saturated carbocycles. The monoisotopic (exact) mass is 277 g/mol. The standard InChI is InChI=1S/C14H19N3OS/c1-14(2,3)12-15-13(17-16-12)19-9-11-6-4-10(8-18)5-7-11/h4-7,18H,8-9H2,1-3H3,(H,15,16,17). The van der Waals surface area contributed by atoms with Crippen molar-refractivity contribution in [2.24, 2.45) is 0 Å². The number of nitrogens with zero attached hydrogens (tertiary/aromatic N) is 2. The molecule has 0 aliphatic rings. The van der Waals surface area contributed by atoms with Crippen molar-refractivity contribution >= 4 is 11.8 Å². The molecule has 2 N–H and O–H groups in total. The zero-order chi connectivity index (χ0) is 13.9. The summed E-state index contributed by atoms with van der Waals surface area (Å²) < 4.78 is 0. The lowest BCUT2D eigenvalue weighted by atomic mass is 9.96. The largest absolute Gasteiger partial charge is 0.392 e. The number of rotatable bonds is 4. The van der Waals surface area contributed by atoms with Crippen molar-refractivity contribution in [3.8, 4) is 0 Å². The van der Waals surface area contributed by atoms with Gasteiger partial charge in [-0.3, -0.25) is 5.10 Å². The van der Waals surface area contributed by atoms with Gasteiger partial charge < -0.3 is 5.11 Å². The van der Waals surface area contributed by atoms with E-state index in [4.69, 9.17) is 5.11 Å². The van der Waals surface area contributed by atoms with E-state index in [1.54, 1.807) is 11.8 Å². The van der Waals surface area contributed by atoms with Gasteiger partial charge in [0, 0.05) is 11.2 Å². The van der Waals surface area contributed by atoms with Gasteiger partial charge >= 0.3 is 0 Å². The van der Waals surface area contributed by atoms with E-state index in [0.717, 1.165) is 22.3 Å². The molecule has 0 fully saturated rings. The van der Waals surface area contributed by atoms with Crippen molar-refractivity contribution in [2.45, 2.75) is 43.7 Å². The molecule has 0 unspecified atom stereocenters. The molecule has 1 aromatic carbocycles. The van der Waals surface area contributed by atoms with Crippen LogP contribution in [0.4, 0.5) is 0 Å². The minimum Gasteiger partial charge on any atom is -0.392 e. The van der Waals surface area contributed by atoms with Gasteiger partial charge in [0.2, 0.25) is 5.16 Å². The quantitative estimate of drug-likeness (QED) is 0.844. The smallest absolute Gasteiger partial charge is 0.208 e. The zero-order valence-electron chi connectivity index (χ0n) is 11.5. The van der Waals surface area contributed by atoms with E-state index in [1.165, 1.54) is 5.56 Å². The first-order valence-corrected chi connectivity index (χ1v) is 7.22. The van der Waals surface area contributed by atoms with Gasteiger partial charge in [-0.2, -0.15) is 0 Å². The molecule has 0 spiro atoms. The van der Waals surface area contributed by atoms with Crippen molar-refractivity contribution in [3.63, 3.8) is 0 Å². The number of benzene rings is 1. The molecule has 0 bridgehead atoms. The van der Waals surface area contributed by atoms with Crippen LogP contribution in [0.2, 0.25) is 0 Å². The van der Waals surface area contributed by atoms with Crippen molar-refractivity contribution in [2.75, 3.05) is 0 Å². The third-order valence-electron chi connectivity index (χ3n) is 2.75. The summed E-state index contributed by atoms with van der Waals surface area (Å²) in [6, 6.07) is 7.93. The summed E-state index contributed by atoms with van der Waals surface area (Å²) in [5, 5.41) is 17.0. The van der Waals surface area contributed by atoms with Crippen LogP contribution in [0, 0.1) is 0 Å². The third kappa shape index (κ3) is 3.81. The fraction of sp³-hybridized carbons (Fsp3) is 0.429. The number of aromatic amines is 1. The molecule has 2 aromatic rings. The SMILES string of the molecule is CC(C)(C)c1nc(SCc2ccc(CO)cc2)n[nH]1. The lowest BCUT2D eigenvalue weighted by Crippen LogP contribution is -2.13. The average Bonchev–Trinajstić information content (AvgIpc) is 2.86. The van der Waals surface area contributed by atoms with E-state index in [0.29, 0.717) is 0 Å². The maximum Gasteiger partial charge on any atom is 0.208 e. The Hall–Kier alpha value is -1.33. The molecule has 1 heterocycles. The lowest BCUT2D eigenvalue weighted by Gasteiger charge is -2.12. The van der Waals surface area contributed by atoms with Gasteiger partial charge in [0.1, 0.15) is 5.82 Å². The number of hydrogen-bond acceptors (Lipinski definition) is 4. The molecule has 0 radical (unpaired) electrons. The first-order chi connectivity index (χ1) is 8.99. The molecule has 1 aromatic heterocycles. The molecule has 0 aliphatic heterocycles. The summed E-state index contributed by atoms with van der Waals surface area (Å²) in [7, 11) is 0. The highest BCUT2D eigenvalue weighted by Gasteiger charge is 2.18. The number of hydrogen-bond donors (Lipinski definition) is 2. The van der Waals surface area contributed by atoms with Crippen molar-refractivity contribution < 1.29 is 5.11 Å². The number of aliphatic hydroxyl groups excluding tert-OH is 1. The molecule has 0 atom stereocenters. The maximum absolute atomic E-state index is 8.99. The van der Waals surface area contributed by atoms with Crippen LogP contribution in [0.15, 0.2) is 29.4 Å². The number of nitrogens with one attached hydrogen (secondary N) is 1. The summed E-state index contributed by atoms with van der Waals surface area (Å²) in [5.74, 6) is 1.73. The highest BCUT2D eigenvalue weighted by atomic mass is 32.2. The normalized spacial score (nSPS) is 11.8. The fourth-order valence-corrected chi connectivity index (χ4v) is 2.29. The van der Waals surface area contributed by atoms with E-state index in [-0.39, 0.29) is 12.0 Å². The maximum atomic E-state index is 8.99. The summed E-state index contributed by atoms with van der Waals surface area (Å²) in [4.78, 5) is 4.49. The minimum absolute atomic E-state index is 0.00537. The van der Waals surface area contributed by atoms with Crippen LogP contribution in [-0.4, -0.2) is 20.3 Å². The van der Waals surface area contributed by atoms with Crippen molar-refractivity contribution in [1.29, 1.82) is 0 Å². The Bertz CT molecular complexity index is 528. The molecule has 0 aliphatic carbocycles. The van der Waals surface area contributed by atoms with Crippen molar-refractivity contribution in [1.82, 2.24) is 15.2 Å². The number of aromatic nitrogens is 3. The van der Waals surface area contributed by atoms with E-state index < -0.39 is 0 Å². The van der Waals surface area contributed by atoms with E-state index >= 15 is 0 Å². The topological polar surface area (TPSA) is 61.8 Å². The minimum atomic E-state index is -0.00537. The predicted molar refractivity (Wildman–Crippen MR) is 77.0 cm³/mol. The molecular formula is C14H19N3OS. The van der Waals surface area contributed by atoms with Gasteiger partial charge in [-0.25, -0.2) is 4.98 Å². The number of aliphatic hydroxyl groups is 1. The van der Waals surface area contributed by atoms with Gasteiger partial charge in [-0.15, -0.1) is 5.10 Å². The second-order valence-electron chi connectivity index (χ2n) is 5.48. The molecular weight excluding hydrogens is 258 g/mol. The molecule has 4 nitrogen and oxygen atoms in total. The Balaban J connectivity index is 1.96. The Morgan fingerprint density at radius 2 is 1.79 bits per heavy atom. The van der Waals surface area contributed by atoms with Crippen LogP contribution >= 0.6 is 11.8 Å². The molecule has 0 amide bonds. The van der Waals surface area contributed by atoms with Crippen LogP contribution in [0.1, 0.15) is 37.7 Å². The second kappa shape index (κ2) is 5.75. The van der Waals surface area contributed by atoms with Crippen LogP contribution in [0.25, 0.3) is 0 Å². The average molecular weight is 277 g/mol. The second-order valence-corrected chi connectivity index (χ2v) is 6.42. The van der Waals surface area contributed by atoms with Gasteiger partial charge in [0.15, 0.2) is 0 Å². The predicted octanol–water partition coefficient (Wildman–Crippen LogP) is 2.89. The molecule has 102 valence electrons. The van der Waals surface area contributed by atoms with Gasteiger partial charge in [-0.05, 0) is 11.1 Å². The van der Waals surface area contributed by atoms with Crippen LogP contribution < -0.4 is 0 Å². The fourth-order valence-electron chi connectivity index (χ4n) is 1.54.